The van der Waals surface area contributed by atoms with Crippen LogP contribution in [-0.2, 0) is 20.9 Å². The molecule has 0 bridgehead atoms. The monoisotopic (exact) mass is 347 g/mol. The summed E-state index contributed by atoms with van der Waals surface area (Å²) in [7, 11) is 1.56. The summed E-state index contributed by atoms with van der Waals surface area (Å²) in [4.78, 5) is 23.2. The van der Waals surface area contributed by atoms with Crippen molar-refractivity contribution in [2.45, 2.75) is 6.54 Å². The molecule has 1 N–H and O–H groups in total. The highest BCUT2D eigenvalue weighted by Gasteiger charge is 2.08. The molecule has 0 spiro atoms. The van der Waals surface area contributed by atoms with E-state index in [4.69, 9.17) is 14.2 Å². The van der Waals surface area contributed by atoms with E-state index >= 15 is 0 Å². The van der Waals surface area contributed by atoms with E-state index in [0.29, 0.717) is 18.0 Å². The van der Waals surface area contributed by atoms with Crippen LogP contribution in [0.5, 0.6) is 11.5 Å². The standard InChI is InChI=1S/C18H18FNO5/c1-23-16-4-2-3-13(9-16)10-20-17(21)11-25-18(22)12-24-15-7-5-14(19)6-8-15/h2-9H,10-12H2,1H3,(H,20,21). The summed E-state index contributed by atoms with van der Waals surface area (Å²) in [6.45, 7) is -0.482. The van der Waals surface area contributed by atoms with Crippen LogP contribution in [0, 0.1) is 5.82 Å². The molecular weight excluding hydrogens is 329 g/mol. The van der Waals surface area contributed by atoms with Gasteiger partial charge < -0.3 is 19.5 Å². The van der Waals surface area contributed by atoms with Crippen molar-refractivity contribution >= 4 is 11.9 Å². The molecule has 7 heteroatoms. The van der Waals surface area contributed by atoms with Crippen molar-refractivity contribution < 1.29 is 28.2 Å². The molecule has 25 heavy (non-hydrogen) atoms. The molecule has 6 nitrogen and oxygen atoms in total. The Balaban J connectivity index is 1.66. The summed E-state index contributed by atoms with van der Waals surface area (Å²) < 4.78 is 27.8. The summed E-state index contributed by atoms with van der Waals surface area (Å²) in [5.41, 5.74) is 0.860. The lowest BCUT2D eigenvalue weighted by molar-refractivity contribution is -0.150. The summed E-state index contributed by atoms with van der Waals surface area (Å²) in [6, 6.07) is 12.5. The molecule has 2 aromatic carbocycles. The lowest BCUT2D eigenvalue weighted by atomic mass is 10.2. The number of ether oxygens (including phenoxy) is 3. The minimum atomic E-state index is -0.694. The number of carbonyl (C=O) groups excluding carboxylic acids is 2. The number of esters is 1. The van der Waals surface area contributed by atoms with E-state index in [9.17, 15) is 14.0 Å². The third-order valence-corrected chi connectivity index (χ3v) is 3.16. The van der Waals surface area contributed by atoms with E-state index < -0.39 is 24.3 Å². The van der Waals surface area contributed by atoms with Gasteiger partial charge in [0.15, 0.2) is 13.2 Å². The van der Waals surface area contributed by atoms with Crippen molar-refractivity contribution in [2.24, 2.45) is 0 Å². The van der Waals surface area contributed by atoms with Crippen molar-refractivity contribution in [2.75, 3.05) is 20.3 Å². The molecule has 0 aromatic heterocycles. The molecule has 132 valence electrons. The highest BCUT2D eigenvalue weighted by atomic mass is 19.1. The van der Waals surface area contributed by atoms with Gasteiger partial charge in [0, 0.05) is 6.54 Å². The molecule has 2 aromatic rings. The normalized spacial score (nSPS) is 10.0. The van der Waals surface area contributed by atoms with Gasteiger partial charge in [0.25, 0.3) is 5.91 Å². The van der Waals surface area contributed by atoms with Gasteiger partial charge in [-0.3, -0.25) is 4.79 Å². The van der Waals surface area contributed by atoms with Gasteiger partial charge in [0.1, 0.15) is 17.3 Å². The Labute approximate surface area is 144 Å². The Hall–Kier alpha value is -3.09. The van der Waals surface area contributed by atoms with Gasteiger partial charge >= 0.3 is 5.97 Å². The highest BCUT2D eigenvalue weighted by molar-refractivity contribution is 5.80. The van der Waals surface area contributed by atoms with Gasteiger partial charge in [0.2, 0.25) is 0 Å². The molecule has 2 rings (SSSR count). The largest absolute Gasteiger partial charge is 0.497 e. The summed E-state index contributed by atoms with van der Waals surface area (Å²) in [5, 5.41) is 2.63. The zero-order valence-corrected chi connectivity index (χ0v) is 13.7. The molecule has 0 atom stereocenters. The predicted molar refractivity (Wildman–Crippen MR) is 87.7 cm³/mol. The maximum atomic E-state index is 12.7. The number of rotatable bonds is 8. The molecule has 0 saturated carbocycles. The number of hydrogen-bond acceptors (Lipinski definition) is 5. The molecule has 0 aliphatic rings. The Morgan fingerprint density at radius 2 is 1.80 bits per heavy atom. The van der Waals surface area contributed by atoms with Gasteiger partial charge in [-0.15, -0.1) is 0 Å². The third kappa shape index (κ3) is 6.50. The predicted octanol–water partition coefficient (Wildman–Crippen LogP) is 2.07. The van der Waals surface area contributed by atoms with E-state index in [-0.39, 0.29) is 6.61 Å². The number of hydrogen-bond donors (Lipinski definition) is 1. The van der Waals surface area contributed by atoms with Gasteiger partial charge in [-0.2, -0.15) is 0 Å². The fraction of sp³-hybridized carbons (Fsp3) is 0.222. The van der Waals surface area contributed by atoms with E-state index in [2.05, 4.69) is 5.32 Å². The average Bonchev–Trinajstić information content (AvgIpc) is 2.64. The first-order valence-electron chi connectivity index (χ1n) is 7.50. The van der Waals surface area contributed by atoms with Crippen LogP contribution < -0.4 is 14.8 Å². The average molecular weight is 347 g/mol. The second-order valence-corrected chi connectivity index (χ2v) is 5.03. The molecule has 0 radical (unpaired) electrons. The van der Waals surface area contributed by atoms with Crippen molar-refractivity contribution in [3.63, 3.8) is 0 Å². The topological polar surface area (TPSA) is 73.9 Å². The summed E-state index contributed by atoms with van der Waals surface area (Å²) >= 11 is 0. The number of amides is 1. The molecule has 0 heterocycles. The van der Waals surface area contributed by atoms with E-state index in [1.54, 1.807) is 19.2 Å². The molecule has 0 unspecified atom stereocenters. The van der Waals surface area contributed by atoms with Crippen LogP contribution in [0.1, 0.15) is 5.56 Å². The van der Waals surface area contributed by atoms with Gasteiger partial charge in [0.05, 0.1) is 7.11 Å². The molecule has 0 aliphatic carbocycles. The maximum absolute atomic E-state index is 12.7. The summed E-state index contributed by atoms with van der Waals surface area (Å²) in [6.07, 6.45) is 0. The van der Waals surface area contributed by atoms with Crippen molar-refractivity contribution in [1.82, 2.24) is 5.32 Å². The first-order valence-corrected chi connectivity index (χ1v) is 7.50. The number of methoxy groups -OCH3 is 1. The van der Waals surface area contributed by atoms with E-state index in [1.807, 2.05) is 12.1 Å². The van der Waals surface area contributed by atoms with Crippen LogP contribution in [-0.4, -0.2) is 32.2 Å². The Morgan fingerprint density at radius 1 is 1.04 bits per heavy atom. The van der Waals surface area contributed by atoms with E-state index in [0.717, 1.165) is 5.56 Å². The zero-order valence-electron chi connectivity index (χ0n) is 13.7. The van der Waals surface area contributed by atoms with Crippen LogP contribution >= 0.6 is 0 Å². The fourth-order valence-electron chi connectivity index (χ4n) is 1.89. The Morgan fingerprint density at radius 3 is 2.52 bits per heavy atom. The Kier molecular flexibility index (Phi) is 6.76. The number of halogens is 1. The number of benzene rings is 2. The highest BCUT2D eigenvalue weighted by Crippen LogP contribution is 2.12. The quantitative estimate of drug-likeness (QED) is 0.740. The minimum Gasteiger partial charge on any atom is -0.497 e. The summed E-state index contributed by atoms with van der Waals surface area (Å²) in [5.74, 6) is -0.501. The smallest absolute Gasteiger partial charge is 0.344 e. The third-order valence-electron chi connectivity index (χ3n) is 3.16. The molecule has 0 fully saturated rings. The van der Waals surface area contributed by atoms with Crippen LogP contribution in [0.2, 0.25) is 0 Å². The number of carbonyl (C=O) groups is 2. The molecule has 0 aliphatic heterocycles. The zero-order chi connectivity index (χ0) is 18.1. The fourth-order valence-corrected chi connectivity index (χ4v) is 1.89. The lowest BCUT2D eigenvalue weighted by Crippen LogP contribution is -2.29. The second kappa shape index (κ2) is 9.27. The van der Waals surface area contributed by atoms with Gasteiger partial charge in [-0.1, -0.05) is 12.1 Å². The molecule has 1 amide bonds. The van der Waals surface area contributed by atoms with Crippen LogP contribution in [0.4, 0.5) is 4.39 Å². The van der Waals surface area contributed by atoms with Crippen molar-refractivity contribution in [3.05, 3.63) is 59.9 Å². The first-order chi connectivity index (χ1) is 12.1. The minimum absolute atomic E-state index is 0.291. The van der Waals surface area contributed by atoms with Gasteiger partial charge in [-0.05, 0) is 42.0 Å². The Bertz CT molecular complexity index is 718. The van der Waals surface area contributed by atoms with Crippen LogP contribution in [0.15, 0.2) is 48.5 Å². The molecular formula is C18H18FNO5. The lowest BCUT2D eigenvalue weighted by Gasteiger charge is -2.08. The van der Waals surface area contributed by atoms with Crippen LogP contribution in [0.25, 0.3) is 0 Å². The van der Waals surface area contributed by atoms with Crippen molar-refractivity contribution in [1.29, 1.82) is 0 Å². The molecule has 0 saturated heterocycles. The van der Waals surface area contributed by atoms with E-state index in [1.165, 1.54) is 24.3 Å². The van der Waals surface area contributed by atoms with Crippen molar-refractivity contribution in [3.8, 4) is 11.5 Å². The van der Waals surface area contributed by atoms with Gasteiger partial charge in [-0.25, -0.2) is 9.18 Å². The second-order valence-electron chi connectivity index (χ2n) is 5.03. The maximum Gasteiger partial charge on any atom is 0.344 e. The SMILES string of the molecule is COc1cccc(CNC(=O)COC(=O)COc2ccc(F)cc2)c1. The first kappa shape index (κ1) is 18.3. The van der Waals surface area contributed by atoms with Crippen LogP contribution in [0.3, 0.4) is 0 Å². The number of nitrogens with one attached hydrogen (secondary N) is 1.